The molecular formula is C34H40N10O3. The molecule has 0 saturated carbocycles. The molecule has 4 aromatic rings. The third-order valence-corrected chi connectivity index (χ3v) is 8.83. The van der Waals surface area contributed by atoms with Crippen molar-refractivity contribution in [1.29, 1.82) is 5.26 Å². The quantitative estimate of drug-likeness (QED) is 0.273. The number of piperazine rings is 1. The van der Waals surface area contributed by atoms with Gasteiger partial charge in [0.15, 0.2) is 0 Å². The molecule has 2 aliphatic heterocycles. The van der Waals surface area contributed by atoms with Crippen LogP contribution in [0.15, 0.2) is 61.4 Å². The van der Waals surface area contributed by atoms with Gasteiger partial charge >= 0.3 is 0 Å². The maximum absolute atomic E-state index is 13.4. The van der Waals surface area contributed by atoms with Crippen LogP contribution in [0.1, 0.15) is 35.7 Å². The molecule has 1 atom stereocenters. The smallest absolute Gasteiger partial charge is 0.254 e. The highest BCUT2D eigenvalue weighted by Crippen LogP contribution is 2.31. The number of nitriles is 1. The van der Waals surface area contributed by atoms with E-state index in [9.17, 15) is 10.1 Å². The lowest BCUT2D eigenvalue weighted by Gasteiger charge is -2.42. The normalized spacial score (nSPS) is 16.8. The number of amides is 1. The summed E-state index contributed by atoms with van der Waals surface area (Å²) in [5, 5.41) is 16.9. The standard InChI is InChI=1S/C34H40N10O3/c1-24(21-44-23-36-22-39-44)47-31-16-25(4-5-27(31)18-35)28-19-37-34(38-20-28)40-30-7-6-26(17-32(30)46-3)33(45)43-14-12-42(13-15-43)29-8-10-41(2)11-9-29/h4-7,16-17,19-20,22-24,29H,8-15,21H2,1-3H3,(H,37,38,40)/t24-/m0/s1. The summed E-state index contributed by atoms with van der Waals surface area (Å²) >= 11 is 0. The predicted octanol–water partition coefficient (Wildman–Crippen LogP) is 3.68. The third kappa shape index (κ3) is 7.67. The van der Waals surface area contributed by atoms with E-state index in [1.54, 1.807) is 42.6 Å². The van der Waals surface area contributed by atoms with Crippen LogP contribution in [0.5, 0.6) is 11.5 Å². The first-order valence-corrected chi connectivity index (χ1v) is 15.9. The Kier molecular flexibility index (Phi) is 9.89. The zero-order valence-corrected chi connectivity index (χ0v) is 27.0. The number of piperidine rings is 1. The fourth-order valence-electron chi connectivity index (χ4n) is 6.16. The Hall–Kier alpha value is -5.06. The van der Waals surface area contributed by atoms with Crippen LogP contribution in [0, 0.1) is 11.3 Å². The van der Waals surface area contributed by atoms with E-state index in [1.165, 1.54) is 19.2 Å². The molecule has 2 aromatic heterocycles. The molecule has 2 aromatic carbocycles. The molecule has 13 nitrogen and oxygen atoms in total. The molecule has 0 unspecified atom stereocenters. The fraction of sp³-hybridized carbons (Fsp3) is 0.412. The summed E-state index contributed by atoms with van der Waals surface area (Å²) in [4.78, 5) is 33.2. The Balaban J connectivity index is 1.08. The molecule has 47 heavy (non-hydrogen) atoms. The molecule has 0 bridgehead atoms. The van der Waals surface area contributed by atoms with E-state index in [-0.39, 0.29) is 12.0 Å². The largest absolute Gasteiger partial charge is 0.495 e. The molecule has 0 aliphatic carbocycles. The van der Waals surface area contributed by atoms with Gasteiger partial charge in [-0.15, -0.1) is 0 Å². The van der Waals surface area contributed by atoms with E-state index < -0.39 is 0 Å². The second-order valence-electron chi connectivity index (χ2n) is 12.1. The van der Waals surface area contributed by atoms with Crippen LogP contribution in [0.25, 0.3) is 11.1 Å². The van der Waals surface area contributed by atoms with Crippen molar-refractivity contribution in [3.8, 4) is 28.7 Å². The minimum Gasteiger partial charge on any atom is -0.495 e. The number of anilines is 2. The van der Waals surface area contributed by atoms with Crippen molar-refractivity contribution >= 4 is 17.5 Å². The first-order chi connectivity index (χ1) is 22.9. The lowest BCUT2D eigenvalue weighted by molar-refractivity contribution is 0.0475. The molecule has 0 spiro atoms. The number of ether oxygens (including phenoxy) is 2. The van der Waals surface area contributed by atoms with Gasteiger partial charge in [-0.2, -0.15) is 10.4 Å². The van der Waals surface area contributed by atoms with Gasteiger partial charge < -0.3 is 24.6 Å². The number of likely N-dealkylation sites (tertiary alicyclic amines) is 1. The van der Waals surface area contributed by atoms with E-state index in [4.69, 9.17) is 9.47 Å². The Morgan fingerprint density at radius 2 is 1.79 bits per heavy atom. The molecule has 2 saturated heterocycles. The number of benzene rings is 2. The van der Waals surface area contributed by atoms with Gasteiger partial charge in [-0.05, 0) is 75.8 Å². The second-order valence-corrected chi connectivity index (χ2v) is 12.1. The average molecular weight is 637 g/mol. The molecule has 1 amide bonds. The van der Waals surface area contributed by atoms with Crippen LogP contribution in [0.4, 0.5) is 11.6 Å². The van der Waals surface area contributed by atoms with E-state index in [0.717, 1.165) is 50.4 Å². The van der Waals surface area contributed by atoms with Crippen LogP contribution in [-0.2, 0) is 6.54 Å². The molecule has 6 rings (SSSR count). The molecule has 13 heteroatoms. The summed E-state index contributed by atoms with van der Waals surface area (Å²) in [6.07, 6.45) is 8.65. The predicted molar refractivity (Wildman–Crippen MR) is 177 cm³/mol. The van der Waals surface area contributed by atoms with Gasteiger partial charge in [-0.1, -0.05) is 6.07 Å². The zero-order valence-electron chi connectivity index (χ0n) is 27.0. The molecule has 1 N–H and O–H groups in total. The number of carbonyl (C=O) groups is 1. The van der Waals surface area contributed by atoms with Crippen molar-refractivity contribution in [2.75, 3.05) is 58.7 Å². The summed E-state index contributed by atoms with van der Waals surface area (Å²) in [5.41, 5.74) is 3.25. The van der Waals surface area contributed by atoms with E-state index in [1.807, 2.05) is 36.1 Å². The summed E-state index contributed by atoms with van der Waals surface area (Å²) in [5.74, 6) is 1.39. The van der Waals surface area contributed by atoms with E-state index in [2.05, 4.69) is 48.3 Å². The van der Waals surface area contributed by atoms with Crippen molar-refractivity contribution in [2.45, 2.75) is 38.5 Å². The third-order valence-electron chi connectivity index (χ3n) is 8.83. The number of hydrogen-bond acceptors (Lipinski definition) is 11. The van der Waals surface area contributed by atoms with Crippen LogP contribution in [0.2, 0.25) is 0 Å². The maximum Gasteiger partial charge on any atom is 0.254 e. The van der Waals surface area contributed by atoms with Gasteiger partial charge in [0.25, 0.3) is 5.91 Å². The van der Waals surface area contributed by atoms with E-state index >= 15 is 0 Å². The second kappa shape index (κ2) is 14.6. The summed E-state index contributed by atoms with van der Waals surface area (Å²) in [6.45, 7) is 7.94. The highest BCUT2D eigenvalue weighted by atomic mass is 16.5. The number of methoxy groups -OCH3 is 1. The molecular weight excluding hydrogens is 596 g/mol. The average Bonchev–Trinajstić information content (AvgIpc) is 3.62. The number of hydrogen-bond donors (Lipinski definition) is 1. The Morgan fingerprint density at radius 1 is 1.02 bits per heavy atom. The minimum atomic E-state index is -0.238. The van der Waals surface area contributed by atoms with Crippen LogP contribution >= 0.6 is 0 Å². The van der Waals surface area contributed by atoms with Crippen molar-refractivity contribution in [1.82, 2.24) is 39.4 Å². The van der Waals surface area contributed by atoms with Crippen molar-refractivity contribution in [3.05, 3.63) is 72.6 Å². The number of nitrogens with zero attached hydrogens (tertiary/aromatic N) is 9. The first kappa shape index (κ1) is 31.9. The Morgan fingerprint density at radius 3 is 2.47 bits per heavy atom. The minimum absolute atomic E-state index is 0.0111. The lowest BCUT2D eigenvalue weighted by Crippen LogP contribution is -2.54. The molecule has 244 valence electrons. The molecule has 2 fully saturated rings. The number of aromatic nitrogens is 5. The van der Waals surface area contributed by atoms with Crippen molar-refractivity contribution < 1.29 is 14.3 Å². The van der Waals surface area contributed by atoms with Crippen LogP contribution in [0.3, 0.4) is 0 Å². The van der Waals surface area contributed by atoms with Gasteiger partial charge in [-0.3, -0.25) is 9.69 Å². The van der Waals surface area contributed by atoms with Gasteiger partial charge in [0, 0.05) is 55.7 Å². The van der Waals surface area contributed by atoms with Gasteiger partial charge in [0.1, 0.15) is 36.3 Å². The Bertz CT molecular complexity index is 1690. The number of carbonyl (C=O) groups excluding carboxylic acids is 1. The van der Waals surface area contributed by atoms with Gasteiger partial charge in [0.05, 0.1) is 24.9 Å². The summed E-state index contributed by atoms with van der Waals surface area (Å²) in [6, 6.07) is 13.6. The maximum atomic E-state index is 13.4. The number of rotatable bonds is 10. The van der Waals surface area contributed by atoms with E-state index in [0.29, 0.717) is 46.8 Å². The topological polar surface area (TPSA) is 138 Å². The summed E-state index contributed by atoms with van der Waals surface area (Å²) < 4.78 is 13.4. The zero-order chi connectivity index (χ0) is 32.8. The SMILES string of the molecule is COc1cc(C(=O)N2CCN(C3CCN(C)CC3)CC2)ccc1Nc1ncc(-c2ccc(C#N)c(O[C@@H](C)Cn3cncn3)c2)cn1. The van der Waals surface area contributed by atoms with Crippen molar-refractivity contribution in [3.63, 3.8) is 0 Å². The first-order valence-electron chi connectivity index (χ1n) is 15.9. The molecule has 2 aliphatic rings. The molecule has 4 heterocycles. The number of nitrogens with one attached hydrogen (secondary N) is 1. The monoisotopic (exact) mass is 636 g/mol. The summed E-state index contributed by atoms with van der Waals surface area (Å²) in [7, 11) is 3.76. The lowest BCUT2D eigenvalue weighted by atomic mass is 10.0. The van der Waals surface area contributed by atoms with Crippen LogP contribution < -0.4 is 14.8 Å². The molecule has 0 radical (unpaired) electrons. The Labute approximate surface area is 274 Å². The highest BCUT2D eigenvalue weighted by molar-refractivity contribution is 5.95. The van der Waals surface area contributed by atoms with Crippen molar-refractivity contribution in [2.24, 2.45) is 0 Å². The van der Waals surface area contributed by atoms with Crippen LogP contribution in [-0.4, -0.2) is 111 Å². The highest BCUT2D eigenvalue weighted by Gasteiger charge is 2.29. The fourth-order valence-corrected chi connectivity index (χ4v) is 6.16. The van der Waals surface area contributed by atoms with Gasteiger partial charge in [-0.25, -0.2) is 19.6 Å². The van der Waals surface area contributed by atoms with Gasteiger partial charge in [0.2, 0.25) is 5.95 Å².